The lowest BCUT2D eigenvalue weighted by Crippen LogP contribution is -2.32. The molecule has 0 N–H and O–H groups in total. The quantitative estimate of drug-likeness (QED) is 0.832. The van der Waals surface area contributed by atoms with E-state index in [4.69, 9.17) is 23.2 Å². The molecule has 2 fully saturated rings. The molecule has 19 heavy (non-hydrogen) atoms. The Hall–Kier alpha value is -0.930. The number of nitrogens with zero attached hydrogens (tertiary/aromatic N) is 2. The first-order valence-electron chi connectivity index (χ1n) is 6.62. The molecule has 1 aromatic carbocycles. The highest BCUT2D eigenvalue weighted by Gasteiger charge is 2.33. The molecule has 0 bridgehead atoms. The number of hydrogen-bond donors (Lipinski definition) is 0. The maximum absolute atomic E-state index is 12.3. The average Bonchev–Trinajstić information content (AvgIpc) is 3.13. The number of halogens is 2. The van der Waals surface area contributed by atoms with Crippen LogP contribution in [0.1, 0.15) is 18.4 Å². The Bertz CT molecular complexity index is 482. The van der Waals surface area contributed by atoms with Crippen molar-refractivity contribution >= 4 is 29.2 Å². The highest BCUT2D eigenvalue weighted by Crippen LogP contribution is 2.32. The van der Waals surface area contributed by atoms with E-state index in [2.05, 4.69) is 0 Å². The van der Waals surface area contributed by atoms with Crippen molar-refractivity contribution in [2.75, 3.05) is 19.6 Å². The molecule has 0 unspecified atom stereocenters. The molecule has 1 aliphatic carbocycles. The topological polar surface area (TPSA) is 23.6 Å². The van der Waals surface area contributed by atoms with Gasteiger partial charge in [-0.25, -0.2) is 4.79 Å². The summed E-state index contributed by atoms with van der Waals surface area (Å²) in [6.45, 7) is 2.98. The Morgan fingerprint density at radius 1 is 1.11 bits per heavy atom. The molecule has 0 atom stereocenters. The van der Waals surface area contributed by atoms with Gasteiger partial charge < -0.3 is 9.80 Å². The van der Waals surface area contributed by atoms with Crippen LogP contribution in [0.3, 0.4) is 0 Å². The van der Waals surface area contributed by atoms with Crippen molar-refractivity contribution < 1.29 is 4.79 Å². The Balaban J connectivity index is 1.68. The molecule has 3 nitrogen and oxygen atoms in total. The van der Waals surface area contributed by atoms with E-state index in [1.165, 1.54) is 12.8 Å². The van der Waals surface area contributed by atoms with Gasteiger partial charge in [0.05, 0.1) is 6.54 Å². The van der Waals surface area contributed by atoms with Gasteiger partial charge in [0.2, 0.25) is 0 Å². The van der Waals surface area contributed by atoms with Gasteiger partial charge >= 0.3 is 6.03 Å². The minimum absolute atomic E-state index is 0.114. The van der Waals surface area contributed by atoms with Crippen molar-refractivity contribution in [2.45, 2.75) is 19.4 Å². The molecule has 1 aliphatic heterocycles. The third kappa shape index (κ3) is 2.82. The molecule has 0 aromatic heterocycles. The van der Waals surface area contributed by atoms with Crippen molar-refractivity contribution in [1.29, 1.82) is 0 Å². The third-order valence-electron chi connectivity index (χ3n) is 3.77. The summed E-state index contributed by atoms with van der Waals surface area (Å²) in [5.74, 6) is 0.729. The highest BCUT2D eigenvalue weighted by molar-refractivity contribution is 6.36. The minimum Gasteiger partial charge on any atom is -0.323 e. The summed E-state index contributed by atoms with van der Waals surface area (Å²) in [7, 11) is 0. The molecule has 102 valence electrons. The number of amides is 2. The number of hydrogen-bond acceptors (Lipinski definition) is 1. The lowest BCUT2D eigenvalue weighted by atomic mass is 10.2. The van der Waals surface area contributed by atoms with E-state index < -0.39 is 0 Å². The molecular weight excluding hydrogens is 283 g/mol. The van der Waals surface area contributed by atoms with Crippen LogP contribution in [0.15, 0.2) is 18.2 Å². The summed E-state index contributed by atoms with van der Waals surface area (Å²) in [5.41, 5.74) is 0.840. The fraction of sp³-hybridized carbons (Fsp3) is 0.500. The Morgan fingerprint density at radius 3 is 2.37 bits per heavy atom. The van der Waals surface area contributed by atoms with Gasteiger partial charge in [-0.2, -0.15) is 0 Å². The number of rotatable bonds is 4. The summed E-state index contributed by atoms with van der Waals surface area (Å²) in [5, 5.41) is 1.25. The molecule has 0 radical (unpaired) electrons. The molecule has 3 rings (SSSR count). The molecule has 5 heteroatoms. The fourth-order valence-corrected chi connectivity index (χ4v) is 2.95. The van der Waals surface area contributed by atoms with Gasteiger partial charge in [0.15, 0.2) is 0 Å². The first-order valence-corrected chi connectivity index (χ1v) is 7.37. The highest BCUT2D eigenvalue weighted by atomic mass is 35.5. The van der Waals surface area contributed by atoms with E-state index in [1.54, 1.807) is 0 Å². The van der Waals surface area contributed by atoms with Crippen LogP contribution in [0.25, 0.3) is 0 Å². The van der Waals surface area contributed by atoms with Crippen LogP contribution >= 0.6 is 23.2 Å². The Kier molecular flexibility index (Phi) is 3.59. The first kappa shape index (κ1) is 13.1. The Labute approximate surface area is 123 Å². The van der Waals surface area contributed by atoms with E-state index in [0.717, 1.165) is 31.1 Å². The smallest absolute Gasteiger partial charge is 0.320 e. The average molecular weight is 299 g/mol. The third-order valence-corrected chi connectivity index (χ3v) is 4.48. The number of urea groups is 1. The van der Waals surface area contributed by atoms with Crippen molar-refractivity contribution in [1.82, 2.24) is 9.80 Å². The van der Waals surface area contributed by atoms with Crippen molar-refractivity contribution in [3.05, 3.63) is 33.8 Å². The van der Waals surface area contributed by atoms with E-state index in [9.17, 15) is 4.79 Å². The second-order valence-corrected chi connectivity index (χ2v) is 6.11. The zero-order valence-electron chi connectivity index (χ0n) is 10.6. The van der Waals surface area contributed by atoms with Crippen molar-refractivity contribution in [3.8, 4) is 0 Å². The molecule has 2 aliphatic rings. The van der Waals surface area contributed by atoms with E-state index in [0.29, 0.717) is 16.6 Å². The van der Waals surface area contributed by atoms with Gasteiger partial charge in [0.1, 0.15) is 0 Å². The van der Waals surface area contributed by atoms with Gasteiger partial charge in [-0.1, -0.05) is 29.3 Å². The predicted molar refractivity (Wildman–Crippen MR) is 76.6 cm³/mol. The van der Waals surface area contributed by atoms with Crippen LogP contribution in [0.4, 0.5) is 4.79 Å². The van der Waals surface area contributed by atoms with Crippen LogP contribution in [0.5, 0.6) is 0 Å². The predicted octanol–water partition coefficient (Wildman–Crippen LogP) is 3.64. The van der Waals surface area contributed by atoms with E-state index in [-0.39, 0.29) is 6.03 Å². The van der Waals surface area contributed by atoms with Crippen molar-refractivity contribution in [3.63, 3.8) is 0 Å². The molecule has 0 spiro atoms. The summed E-state index contributed by atoms with van der Waals surface area (Å²) in [6.07, 6.45) is 2.53. The lowest BCUT2D eigenvalue weighted by Gasteiger charge is -2.19. The summed E-state index contributed by atoms with van der Waals surface area (Å²) < 4.78 is 0. The van der Waals surface area contributed by atoms with Crippen LogP contribution in [-0.2, 0) is 6.54 Å². The SMILES string of the molecule is O=C1N(Cc2c(Cl)cccc2Cl)CCN1CC1CC1. The normalized spacial score (nSPS) is 19.4. The van der Waals surface area contributed by atoms with Crippen LogP contribution < -0.4 is 0 Å². The van der Waals surface area contributed by atoms with Gasteiger partial charge in [0, 0.05) is 35.2 Å². The second-order valence-electron chi connectivity index (χ2n) is 5.29. The minimum atomic E-state index is 0.114. The monoisotopic (exact) mass is 298 g/mol. The van der Waals surface area contributed by atoms with Gasteiger partial charge in [-0.05, 0) is 30.9 Å². The first-order chi connectivity index (χ1) is 9.15. The van der Waals surface area contributed by atoms with E-state index in [1.807, 2.05) is 28.0 Å². The zero-order valence-corrected chi connectivity index (χ0v) is 12.1. The van der Waals surface area contributed by atoms with Gasteiger partial charge in [-0.15, -0.1) is 0 Å². The van der Waals surface area contributed by atoms with Gasteiger partial charge in [-0.3, -0.25) is 0 Å². The number of carbonyl (C=O) groups excluding carboxylic acids is 1. The molecule has 1 heterocycles. The largest absolute Gasteiger partial charge is 0.323 e. The fourth-order valence-electron chi connectivity index (χ4n) is 2.44. The standard InChI is InChI=1S/C14H16Cl2N2O/c15-12-2-1-3-13(16)11(12)9-18-7-6-17(14(18)19)8-10-4-5-10/h1-3,10H,4-9H2. The van der Waals surface area contributed by atoms with E-state index >= 15 is 0 Å². The molecular formula is C14H16Cl2N2O. The van der Waals surface area contributed by atoms with Crippen LogP contribution in [0.2, 0.25) is 10.0 Å². The van der Waals surface area contributed by atoms with Crippen LogP contribution in [-0.4, -0.2) is 35.5 Å². The molecule has 2 amide bonds. The van der Waals surface area contributed by atoms with Gasteiger partial charge in [0.25, 0.3) is 0 Å². The Morgan fingerprint density at radius 2 is 1.74 bits per heavy atom. The van der Waals surface area contributed by atoms with Crippen LogP contribution in [0, 0.1) is 5.92 Å². The number of benzene rings is 1. The second kappa shape index (κ2) is 5.22. The summed E-state index contributed by atoms with van der Waals surface area (Å²) in [4.78, 5) is 16.0. The number of carbonyl (C=O) groups is 1. The van der Waals surface area contributed by atoms with Crippen molar-refractivity contribution in [2.24, 2.45) is 5.92 Å². The maximum Gasteiger partial charge on any atom is 0.320 e. The maximum atomic E-state index is 12.3. The summed E-state index contributed by atoms with van der Waals surface area (Å²) >= 11 is 12.3. The lowest BCUT2D eigenvalue weighted by molar-refractivity contribution is 0.189. The summed E-state index contributed by atoms with van der Waals surface area (Å²) in [6, 6.07) is 5.55. The molecule has 1 saturated carbocycles. The zero-order chi connectivity index (χ0) is 13.4. The molecule has 1 aromatic rings. The molecule has 1 saturated heterocycles.